The molecule has 0 saturated carbocycles. The van der Waals surface area contributed by atoms with E-state index in [1.54, 1.807) is 30.2 Å². The van der Waals surface area contributed by atoms with Crippen LogP contribution in [0.5, 0.6) is 5.88 Å². The molecule has 0 bridgehead atoms. The van der Waals surface area contributed by atoms with Crippen molar-refractivity contribution in [3.63, 3.8) is 0 Å². The van der Waals surface area contributed by atoms with Gasteiger partial charge in [0, 0.05) is 36.5 Å². The van der Waals surface area contributed by atoms with E-state index in [9.17, 15) is 8.78 Å². The van der Waals surface area contributed by atoms with Crippen LogP contribution in [-0.2, 0) is 11.9 Å². The van der Waals surface area contributed by atoms with E-state index in [4.69, 9.17) is 14.6 Å². The molecule has 32 heavy (non-hydrogen) atoms. The van der Waals surface area contributed by atoms with Crippen LogP contribution >= 0.6 is 0 Å². The van der Waals surface area contributed by atoms with Gasteiger partial charge < -0.3 is 13.9 Å². The van der Waals surface area contributed by atoms with Gasteiger partial charge in [0.2, 0.25) is 5.88 Å². The first-order valence-corrected chi connectivity index (χ1v) is 9.90. The summed E-state index contributed by atoms with van der Waals surface area (Å²) >= 11 is 0. The Morgan fingerprint density at radius 2 is 2.06 bits per heavy atom. The second-order valence-corrected chi connectivity index (χ2v) is 7.53. The SMILES string of the molecule is COc1nc(C2=NC(c3cn(C)c4cc(F)cc(F)c34)CON2)ccc1-n1cnc(C)c1. The molecule has 1 N–H and O–H groups in total. The number of methoxy groups -OCH3 is 1. The molecular weight excluding hydrogens is 418 g/mol. The summed E-state index contributed by atoms with van der Waals surface area (Å²) in [6.45, 7) is 2.08. The number of aryl methyl sites for hydroxylation is 2. The van der Waals surface area contributed by atoms with E-state index in [0.29, 0.717) is 33.9 Å². The highest BCUT2D eigenvalue weighted by molar-refractivity contribution is 5.97. The van der Waals surface area contributed by atoms with Gasteiger partial charge in [-0.2, -0.15) is 0 Å². The molecule has 1 unspecified atom stereocenters. The number of benzene rings is 1. The van der Waals surface area contributed by atoms with Crippen molar-refractivity contribution in [3.8, 4) is 11.6 Å². The van der Waals surface area contributed by atoms with Crippen LogP contribution in [0, 0.1) is 18.6 Å². The second kappa shape index (κ2) is 7.72. The molecule has 0 saturated heterocycles. The normalized spacial score (nSPS) is 16.2. The van der Waals surface area contributed by atoms with Crippen LogP contribution in [0.4, 0.5) is 8.78 Å². The maximum absolute atomic E-state index is 14.6. The monoisotopic (exact) mass is 438 g/mol. The Kier molecular flexibility index (Phi) is 4.86. The Labute approximate surface area is 182 Å². The zero-order valence-corrected chi connectivity index (χ0v) is 17.6. The van der Waals surface area contributed by atoms with Gasteiger partial charge in [-0.05, 0) is 25.1 Å². The van der Waals surface area contributed by atoms with E-state index >= 15 is 0 Å². The standard InChI is InChI=1S/C22H20F2N6O2/c1-12-8-30(11-25-12)18-5-4-16(27-22(18)31-3)21-26-17(10-32-28-21)14-9-29(2)19-7-13(23)6-15(24)20(14)19/h4-9,11,17H,10H2,1-3H3,(H,26,28). The Bertz CT molecular complexity index is 1360. The number of aromatic nitrogens is 4. The summed E-state index contributed by atoms with van der Waals surface area (Å²) in [6.07, 6.45) is 5.29. The number of imidazole rings is 1. The van der Waals surface area contributed by atoms with Crippen molar-refractivity contribution in [2.45, 2.75) is 13.0 Å². The van der Waals surface area contributed by atoms with E-state index < -0.39 is 17.7 Å². The molecule has 8 nitrogen and oxygen atoms in total. The Morgan fingerprint density at radius 1 is 1.22 bits per heavy atom. The van der Waals surface area contributed by atoms with Crippen molar-refractivity contribution < 1.29 is 18.4 Å². The maximum Gasteiger partial charge on any atom is 0.238 e. The van der Waals surface area contributed by atoms with E-state index in [1.165, 1.54) is 13.2 Å². The smallest absolute Gasteiger partial charge is 0.238 e. The molecule has 3 aromatic heterocycles. The molecule has 1 aliphatic heterocycles. The summed E-state index contributed by atoms with van der Waals surface area (Å²) in [6, 6.07) is 5.30. The highest BCUT2D eigenvalue weighted by Crippen LogP contribution is 2.32. The van der Waals surface area contributed by atoms with Crippen molar-refractivity contribution in [2.24, 2.45) is 12.0 Å². The first-order valence-electron chi connectivity index (χ1n) is 9.90. The summed E-state index contributed by atoms with van der Waals surface area (Å²) in [5.74, 6) is -0.491. The summed E-state index contributed by atoms with van der Waals surface area (Å²) in [7, 11) is 3.27. The van der Waals surface area contributed by atoms with Gasteiger partial charge in [0.15, 0.2) is 5.84 Å². The van der Waals surface area contributed by atoms with E-state index in [2.05, 4.69) is 15.4 Å². The third kappa shape index (κ3) is 3.38. The Balaban J connectivity index is 1.55. The molecule has 1 aromatic carbocycles. The van der Waals surface area contributed by atoms with Gasteiger partial charge in [0.25, 0.3) is 0 Å². The number of aliphatic imine (C=N–C) groups is 1. The summed E-state index contributed by atoms with van der Waals surface area (Å²) in [4.78, 5) is 19.0. The van der Waals surface area contributed by atoms with Crippen LogP contribution < -0.4 is 10.2 Å². The van der Waals surface area contributed by atoms with Gasteiger partial charge in [-0.15, -0.1) is 0 Å². The number of rotatable bonds is 4. The number of pyridine rings is 1. The predicted octanol–water partition coefficient (Wildman–Crippen LogP) is 3.38. The van der Waals surface area contributed by atoms with Crippen LogP contribution in [0.2, 0.25) is 0 Å². The van der Waals surface area contributed by atoms with Crippen LogP contribution in [-0.4, -0.2) is 38.7 Å². The summed E-state index contributed by atoms with van der Waals surface area (Å²) in [5.41, 5.74) is 5.93. The molecule has 0 amide bonds. The van der Waals surface area contributed by atoms with E-state index in [1.807, 2.05) is 23.8 Å². The lowest BCUT2D eigenvalue weighted by Gasteiger charge is -2.22. The highest BCUT2D eigenvalue weighted by atomic mass is 19.1. The molecule has 4 aromatic rings. The number of hydrogen-bond donors (Lipinski definition) is 1. The summed E-state index contributed by atoms with van der Waals surface area (Å²) < 4.78 is 37.3. The van der Waals surface area contributed by atoms with Gasteiger partial charge >= 0.3 is 0 Å². The average molecular weight is 438 g/mol. The fourth-order valence-corrected chi connectivity index (χ4v) is 3.87. The van der Waals surface area contributed by atoms with E-state index in [-0.39, 0.29) is 6.61 Å². The van der Waals surface area contributed by atoms with Crippen molar-refractivity contribution in [1.29, 1.82) is 0 Å². The molecule has 164 valence electrons. The average Bonchev–Trinajstić information content (AvgIpc) is 3.37. The van der Waals surface area contributed by atoms with E-state index in [0.717, 1.165) is 17.4 Å². The van der Waals surface area contributed by atoms with Crippen molar-refractivity contribution >= 4 is 16.7 Å². The zero-order valence-electron chi connectivity index (χ0n) is 17.6. The van der Waals surface area contributed by atoms with Crippen molar-refractivity contribution in [2.75, 3.05) is 13.7 Å². The molecule has 4 heterocycles. The lowest BCUT2D eigenvalue weighted by molar-refractivity contribution is 0.0622. The van der Waals surface area contributed by atoms with Crippen LogP contribution in [0.3, 0.4) is 0 Å². The quantitative estimate of drug-likeness (QED) is 0.529. The molecule has 5 rings (SSSR count). The number of hydrogen-bond acceptors (Lipinski definition) is 6. The Hall–Kier alpha value is -3.79. The van der Waals surface area contributed by atoms with Crippen LogP contribution in [0.25, 0.3) is 16.6 Å². The highest BCUT2D eigenvalue weighted by Gasteiger charge is 2.25. The number of amidine groups is 1. The number of halogens is 2. The van der Waals surface area contributed by atoms with Crippen molar-refractivity contribution in [3.05, 3.63) is 71.6 Å². The minimum atomic E-state index is -0.634. The minimum absolute atomic E-state index is 0.183. The van der Waals surface area contributed by atoms with Gasteiger partial charge in [-0.3, -0.25) is 9.83 Å². The largest absolute Gasteiger partial charge is 0.479 e. The lowest BCUT2D eigenvalue weighted by atomic mass is 10.1. The first kappa shape index (κ1) is 20.1. The topological polar surface area (TPSA) is 78.5 Å². The number of nitrogens with one attached hydrogen (secondary N) is 1. The summed E-state index contributed by atoms with van der Waals surface area (Å²) in [5, 5.41) is 0.323. The number of nitrogens with zero attached hydrogens (tertiary/aromatic N) is 5. The molecule has 0 spiro atoms. The van der Waals surface area contributed by atoms with Crippen molar-refractivity contribution in [1.82, 2.24) is 24.6 Å². The molecular formula is C22H20F2N6O2. The first-order chi connectivity index (χ1) is 15.4. The number of ether oxygens (including phenoxy) is 1. The Morgan fingerprint density at radius 3 is 2.81 bits per heavy atom. The zero-order chi connectivity index (χ0) is 22.4. The van der Waals surface area contributed by atoms with Gasteiger partial charge in [-0.1, -0.05) is 0 Å². The third-order valence-electron chi connectivity index (χ3n) is 5.36. The molecule has 0 fully saturated rings. The second-order valence-electron chi connectivity index (χ2n) is 7.53. The number of hydroxylamine groups is 1. The van der Waals surface area contributed by atoms with Crippen LogP contribution in [0.1, 0.15) is 23.0 Å². The maximum atomic E-state index is 14.6. The lowest BCUT2D eigenvalue weighted by Crippen LogP contribution is -2.33. The fraction of sp³-hybridized carbons (Fsp3) is 0.227. The number of fused-ring (bicyclic) bond motifs is 1. The van der Waals surface area contributed by atoms with Gasteiger partial charge in [-0.25, -0.2) is 24.2 Å². The molecule has 1 atom stereocenters. The fourth-order valence-electron chi connectivity index (χ4n) is 3.87. The van der Waals surface area contributed by atoms with Gasteiger partial charge in [0.1, 0.15) is 35.7 Å². The minimum Gasteiger partial charge on any atom is -0.479 e. The van der Waals surface area contributed by atoms with Gasteiger partial charge in [0.05, 0.1) is 24.6 Å². The third-order valence-corrected chi connectivity index (χ3v) is 5.36. The molecule has 10 heteroatoms. The van der Waals surface area contributed by atoms with Crippen LogP contribution in [0.15, 0.2) is 48.0 Å². The molecule has 0 aliphatic carbocycles. The predicted molar refractivity (Wildman–Crippen MR) is 114 cm³/mol. The molecule has 0 radical (unpaired) electrons. The molecule has 1 aliphatic rings.